The van der Waals surface area contributed by atoms with Gasteiger partial charge in [-0.3, -0.25) is 0 Å². The van der Waals surface area contributed by atoms with Gasteiger partial charge in [0.25, 0.3) is 0 Å². The Balaban J connectivity index is 0.927. The second-order valence-electron chi connectivity index (χ2n) is 15.3. The summed E-state index contributed by atoms with van der Waals surface area (Å²) < 4.78 is 2.54. The monoisotopic (exact) mass is 766 g/mol. The second-order valence-corrected chi connectivity index (χ2v) is 16.4. The van der Waals surface area contributed by atoms with Crippen LogP contribution in [0.5, 0.6) is 0 Å². The molecule has 10 aromatic carbocycles. The summed E-state index contributed by atoms with van der Waals surface area (Å²) in [6.45, 7) is 0. The first-order chi connectivity index (χ1) is 29.2. The molecule has 2 heterocycles. The van der Waals surface area contributed by atoms with Crippen molar-refractivity contribution in [3.63, 3.8) is 0 Å². The van der Waals surface area contributed by atoms with E-state index in [4.69, 9.17) is 9.97 Å². The van der Waals surface area contributed by atoms with Crippen LogP contribution in [0.2, 0.25) is 0 Å². The molecule has 0 aliphatic carbocycles. The van der Waals surface area contributed by atoms with Crippen LogP contribution in [0.15, 0.2) is 206 Å². The molecular formula is C56H34N2S. The Morgan fingerprint density at radius 3 is 1.78 bits per heavy atom. The molecule has 2 aromatic heterocycles. The molecule has 2 nitrogen and oxygen atoms in total. The summed E-state index contributed by atoms with van der Waals surface area (Å²) in [6.07, 6.45) is 0. The Bertz CT molecular complexity index is 3600. The number of hydrogen-bond acceptors (Lipinski definition) is 3. The SMILES string of the molecule is c1ccc(-c2nc(-c3ccc(-c4ccc5cc(-c6c7ccccc7cc7c6ccc6ccccc67)ccc5c4)cc3)cc(-c3cccc4sc5ccccc5c34)n2)cc1. The minimum atomic E-state index is 0.720. The summed E-state index contributed by atoms with van der Waals surface area (Å²) in [6, 6.07) is 74.6. The summed E-state index contributed by atoms with van der Waals surface area (Å²) in [5.74, 6) is 0.720. The predicted octanol–water partition coefficient (Wildman–Crippen LogP) is 15.8. The maximum absolute atomic E-state index is 5.19. The van der Waals surface area contributed by atoms with E-state index in [9.17, 15) is 0 Å². The Morgan fingerprint density at radius 2 is 0.932 bits per heavy atom. The normalized spacial score (nSPS) is 11.7. The molecule has 0 unspecified atom stereocenters. The van der Waals surface area contributed by atoms with Gasteiger partial charge in [-0.15, -0.1) is 11.3 Å². The third-order valence-electron chi connectivity index (χ3n) is 11.8. The van der Waals surface area contributed by atoms with Gasteiger partial charge in [0.05, 0.1) is 11.4 Å². The zero-order chi connectivity index (χ0) is 38.9. The smallest absolute Gasteiger partial charge is 0.160 e. The molecule has 0 fully saturated rings. The zero-order valence-corrected chi connectivity index (χ0v) is 32.7. The average molecular weight is 767 g/mol. The number of fused-ring (bicyclic) bond motifs is 8. The van der Waals surface area contributed by atoms with Crippen LogP contribution in [-0.4, -0.2) is 9.97 Å². The molecule has 0 bridgehead atoms. The van der Waals surface area contributed by atoms with Crippen molar-refractivity contribution in [2.75, 3.05) is 0 Å². The van der Waals surface area contributed by atoms with Crippen LogP contribution in [0.1, 0.15) is 0 Å². The van der Waals surface area contributed by atoms with Crippen molar-refractivity contribution in [1.29, 1.82) is 0 Å². The largest absolute Gasteiger partial charge is 0.228 e. The number of thiophene rings is 1. The molecule has 0 radical (unpaired) electrons. The van der Waals surface area contributed by atoms with Crippen molar-refractivity contribution in [3.05, 3.63) is 206 Å². The molecule has 274 valence electrons. The quantitative estimate of drug-likeness (QED) is 0.129. The van der Waals surface area contributed by atoms with E-state index in [-0.39, 0.29) is 0 Å². The summed E-state index contributed by atoms with van der Waals surface area (Å²) >= 11 is 1.83. The molecule has 0 atom stereocenters. The van der Waals surface area contributed by atoms with E-state index < -0.39 is 0 Å². The molecule has 12 rings (SSSR count). The first-order valence-electron chi connectivity index (χ1n) is 20.1. The van der Waals surface area contributed by atoms with Crippen LogP contribution in [0.4, 0.5) is 0 Å². The van der Waals surface area contributed by atoms with Crippen molar-refractivity contribution < 1.29 is 0 Å². The van der Waals surface area contributed by atoms with Crippen LogP contribution in [0.25, 0.3) is 119 Å². The van der Waals surface area contributed by atoms with Gasteiger partial charge in [0, 0.05) is 36.9 Å². The van der Waals surface area contributed by atoms with Gasteiger partial charge in [-0.1, -0.05) is 170 Å². The van der Waals surface area contributed by atoms with E-state index >= 15 is 0 Å². The van der Waals surface area contributed by atoms with Crippen molar-refractivity contribution >= 4 is 74.6 Å². The molecule has 0 spiro atoms. The van der Waals surface area contributed by atoms with Crippen molar-refractivity contribution in [2.24, 2.45) is 0 Å². The number of aromatic nitrogens is 2. The fourth-order valence-corrected chi connectivity index (χ4v) is 10.1. The summed E-state index contributed by atoms with van der Waals surface area (Å²) in [5.41, 5.74) is 9.86. The molecule has 12 aromatic rings. The van der Waals surface area contributed by atoms with Gasteiger partial charge < -0.3 is 0 Å². The lowest BCUT2D eigenvalue weighted by Crippen LogP contribution is -1.96. The van der Waals surface area contributed by atoms with E-state index in [0.29, 0.717) is 0 Å². The first kappa shape index (κ1) is 33.7. The van der Waals surface area contributed by atoms with E-state index in [1.807, 2.05) is 29.5 Å². The van der Waals surface area contributed by atoms with Crippen molar-refractivity contribution in [1.82, 2.24) is 9.97 Å². The van der Waals surface area contributed by atoms with E-state index in [1.54, 1.807) is 0 Å². The fourth-order valence-electron chi connectivity index (χ4n) is 8.98. The van der Waals surface area contributed by atoms with Gasteiger partial charge >= 0.3 is 0 Å². The van der Waals surface area contributed by atoms with Crippen LogP contribution in [-0.2, 0) is 0 Å². The molecule has 0 saturated carbocycles. The van der Waals surface area contributed by atoms with E-state index in [1.165, 1.54) is 85.5 Å². The van der Waals surface area contributed by atoms with Crippen LogP contribution in [0.3, 0.4) is 0 Å². The van der Waals surface area contributed by atoms with Crippen LogP contribution in [0, 0.1) is 0 Å². The van der Waals surface area contributed by atoms with Gasteiger partial charge in [-0.05, 0) is 102 Å². The maximum Gasteiger partial charge on any atom is 0.160 e. The van der Waals surface area contributed by atoms with Gasteiger partial charge in [-0.25, -0.2) is 9.97 Å². The van der Waals surface area contributed by atoms with Gasteiger partial charge in [0.15, 0.2) is 5.82 Å². The maximum atomic E-state index is 5.19. The molecule has 0 aliphatic heterocycles. The van der Waals surface area contributed by atoms with E-state index in [2.05, 4.69) is 188 Å². The second kappa shape index (κ2) is 13.6. The molecule has 0 amide bonds. The lowest BCUT2D eigenvalue weighted by Gasteiger charge is -2.15. The third kappa shape index (κ3) is 5.70. The van der Waals surface area contributed by atoms with E-state index in [0.717, 1.165) is 33.9 Å². The zero-order valence-electron chi connectivity index (χ0n) is 31.9. The Hall–Kier alpha value is -7.46. The summed E-state index contributed by atoms with van der Waals surface area (Å²) in [4.78, 5) is 10.3. The first-order valence-corrected chi connectivity index (χ1v) is 20.9. The molecule has 0 saturated heterocycles. The molecule has 59 heavy (non-hydrogen) atoms. The minimum absolute atomic E-state index is 0.720. The van der Waals surface area contributed by atoms with Crippen LogP contribution < -0.4 is 0 Å². The number of nitrogens with zero attached hydrogens (tertiary/aromatic N) is 2. The topological polar surface area (TPSA) is 25.8 Å². The summed E-state index contributed by atoms with van der Waals surface area (Å²) in [7, 11) is 0. The van der Waals surface area contributed by atoms with Gasteiger partial charge in [0.1, 0.15) is 0 Å². The summed E-state index contributed by atoms with van der Waals surface area (Å²) in [5, 5.41) is 12.6. The Kier molecular flexibility index (Phi) is 7.75. The highest BCUT2D eigenvalue weighted by Crippen LogP contribution is 2.42. The highest BCUT2D eigenvalue weighted by molar-refractivity contribution is 7.25. The fraction of sp³-hybridized carbons (Fsp3) is 0. The predicted molar refractivity (Wildman–Crippen MR) is 252 cm³/mol. The third-order valence-corrected chi connectivity index (χ3v) is 13.0. The Labute approximate surface area is 345 Å². The molecule has 3 heteroatoms. The minimum Gasteiger partial charge on any atom is -0.228 e. The highest BCUT2D eigenvalue weighted by atomic mass is 32.1. The number of benzene rings is 10. The Morgan fingerprint density at radius 1 is 0.305 bits per heavy atom. The van der Waals surface area contributed by atoms with Gasteiger partial charge in [0.2, 0.25) is 0 Å². The average Bonchev–Trinajstić information content (AvgIpc) is 3.70. The lowest BCUT2D eigenvalue weighted by molar-refractivity contribution is 1.19. The van der Waals surface area contributed by atoms with Crippen LogP contribution >= 0.6 is 11.3 Å². The standard InChI is InChI=1S/C56H34N2S/c1-2-12-38(13-3-1)56-57-50(34-51(58-56)47-18-10-20-53-55(47)48-17-8-9-19-52(48)59-53)37-23-21-35(22-24-37)39-25-26-41-32-43(28-27-40(41)31-39)54-45-16-7-5-14-42(45)33-49-44-15-6-4-11-36(44)29-30-46(49)54/h1-34H. The molecule has 0 N–H and O–H groups in total. The van der Waals surface area contributed by atoms with Crippen molar-refractivity contribution in [3.8, 4) is 56.2 Å². The van der Waals surface area contributed by atoms with Crippen molar-refractivity contribution in [2.45, 2.75) is 0 Å². The highest BCUT2D eigenvalue weighted by Gasteiger charge is 2.17. The molecule has 0 aliphatic rings. The van der Waals surface area contributed by atoms with Gasteiger partial charge in [-0.2, -0.15) is 0 Å². The molecular weight excluding hydrogens is 733 g/mol. The number of hydrogen-bond donors (Lipinski definition) is 0. The lowest BCUT2D eigenvalue weighted by atomic mass is 9.89. The number of rotatable bonds is 5.